The van der Waals surface area contributed by atoms with E-state index in [9.17, 15) is 8.78 Å². The number of alkyl halides is 4. The molecule has 0 aromatic rings. The van der Waals surface area contributed by atoms with Crippen molar-refractivity contribution >= 4 is 16.8 Å². The van der Waals surface area contributed by atoms with Crippen molar-refractivity contribution in [3.63, 3.8) is 0 Å². The number of rotatable bonds is 3. The van der Waals surface area contributed by atoms with Crippen molar-refractivity contribution < 1.29 is 30.0 Å². The van der Waals surface area contributed by atoms with Crippen molar-refractivity contribution in [1.82, 2.24) is 0 Å². The van der Waals surface area contributed by atoms with E-state index in [4.69, 9.17) is 11.6 Å². The third-order valence-electron chi connectivity index (χ3n) is 3.01. The number of allylic oxidation sites excluding steroid dienone is 4. The molecule has 1 atom stereocenters. The van der Waals surface area contributed by atoms with Crippen LogP contribution in [0.3, 0.4) is 0 Å². The van der Waals surface area contributed by atoms with Gasteiger partial charge in [0, 0.05) is 0 Å². The average Bonchev–Trinajstić information content (AvgIpc) is 2.34. The van der Waals surface area contributed by atoms with Gasteiger partial charge in [-0.05, 0) is 0 Å². The van der Waals surface area contributed by atoms with Gasteiger partial charge in [-0.25, -0.2) is 0 Å². The third-order valence-corrected chi connectivity index (χ3v) is 6.93. The van der Waals surface area contributed by atoms with E-state index in [1.54, 1.807) is 0 Å². The molecular weight excluding hydrogens is 358 g/mol. The molecule has 0 N–H and O–H groups in total. The first-order chi connectivity index (χ1) is 8.11. The fourth-order valence-electron chi connectivity index (χ4n) is 1.98. The molecule has 0 radical (unpaired) electrons. The Morgan fingerprint density at radius 1 is 1.59 bits per heavy atom. The summed E-state index contributed by atoms with van der Waals surface area (Å²) in [4.78, 5) is 3.87. The van der Waals surface area contributed by atoms with Crippen molar-refractivity contribution in [3.8, 4) is 0 Å². The standard InChI is InChI=1S/C12H14ClF2IN/c1-2-7-5-8(9-3-4-16-9)6-10(13)17-11(7)12(14)15/h6,9,12H,2-5H2,1H3/q-1. The summed E-state index contributed by atoms with van der Waals surface area (Å²) in [5, 5.41) is 0.217. The van der Waals surface area contributed by atoms with Gasteiger partial charge in [-0.3, -0.25) is 0 Å². The summed E-state index contributed by atoms with van der Waals surface area (Å²) in [6, 6.07) is 0. The molecule has 96 valence electrons. The summed E-state index contributed by atoms with van der Waals surface area (Å²) >= 11 is 6.14. The number of hydrogen-bond donors (Lipinski definition) is 0. The number of halogens is 4. The zero-order valence-corrected chi connectivity index (χ0v) is 12.4. The van der Waals surface area contributed by atoms with Crippen molar-refractivity contribution in [1.29, 1.82) is 0 Å². The molecule has 1 unspecified atom stereocenters. The molecule has 0 aromatic carbocycles. The molecule has 1 fully saturated rings. The predicted octanol–water partition coefficient (Wildman–Crippen LogP) is 0.744. The van der Waals surface area contributed by atoms with Crippen LogP contribution < -0.4 is 21.2 Å². The average molecular weight is 373 g/mol. The van der Waals surface area contributed by atoms with Crippen LogP contribution in [0.1, 0.15) is 26.2 Å². The van der Waals surface area contributed by atoms with Crippen molar-refractivity contribution in [2.75, 3.05) is 4.43 Å². The molecule has 1 nitrogen and oxygen atoms in total. The van der Waals surface area contributed by atoms with Crippen LogP contribution in [0.25, 0.3) is 0 Å². The van der Waals surface area contributed by atoms with Gasteiger partial charge in [-0.15, -0.1) is 0 Å². The van der Waals surface area contributed by atoms with Gasteiger partial charge in [0.25, 0.3) is 0 Å². The number of hydrogen-bond acceptors (Lipinski definition) is 1. The Balaban J connectivity index is 2.30. The van der Waals surface area contributed by atoms with Gasteiger partial charge in [0.1, 0.15) is 0 Å². The molecule has 5 heteroatoms. The monoisotopic (exact) mass is 372 g/mol. The summed E-state index contributed by atoms with van der Waals surface area (Å²) in [5.74, 6) is 0. The first kappa shape index (κ1) is 13.5. The van der Waals surface area contributed by atoms with E-state index < -0.39 is 6.43 Å². The molecule has 0 bridgehead atoms. The van der Waals surface area contributed by atoms with Gasteiger partial charge in [-0.2, -0.15) is 0 Å². The number of nitrogens with zero attached hydrogens (tertiary/aromatic N) is 1. The van der Waals surface area contributed by atoms with Crippen LogP contribution in [0.5, 0.6) is 0 Å². The minimum atomic E-state index is -2.53. The van der Waals surface area contributed by atoms with Crippen LogP contribution in [0, 0.1) is 0 Å². The van der Waals surface area contributed by atoms with Crippen molar-refractivity contribution in [3.05, 3.63) is 22.9 Å². The van der Waals surface area contributed by atoms with E-state index in [0.29, 0.717) is 16.8 Å². The quantitative estimate of drug-likeness (QED) is 0.512. The molecule has 0 saturated carbocycles. The van der Waals surface area contributed by atoms with Crippen molar-refractivity contribution in [2.24, 2.45) is 4.99 Å². The molecule has 2 heterocycles. The van der Waals surface area contributed by atoms with E-state index in [-0.39, 0.29) is 32.1 Å². The molecule has 17 heavy (non-hydrogen) atoms. The van der Waals surface area contributed by atoms with Crippen molar-refractivity contribution in [2.45, 2.75) is 36.5 Å². The van der Waals surface area contributed by atoms with E-state index in [0.717, 1.165) is 5.57 Å². The van der Waals surface area contributed by atoms with E-state index in [1.165, 1.54) is 16.4 Å². The van der Waals surface area contributed by atoms with Gasteiger partial charge >= 0.3 is 116 Å². The predicted molar refractivity (Wildman–Crippen MR) is 62.6 cm³/mol. The second-order valence-corrected chi connectivity index (χ2v) is 7.92. The second kappa shape index (κ2) is 5.78. The van der Waals surface area contributed by atoms with Gasteiger partial charge in [-0.1, -0.05) is 0 Å². The molecule has 2 aliphatic heterocycles. The van der Waals surface area contributed by atoms with Gasteiger partial charge in [0.2, 0.25) is 0 Å². The summed E-state index contributed by atoms with van der Waals surface area (Å²) < 4.78 is 27.8. The van der Waals surface area contributed by atoms with Gasteiger partial charge < -0.3 is 0 Å². The van der Waals surface area contributed by atoms with Crippen LogP contribution in [-0.4, -0.2) is 19.9 Å². The fourth-order valence-corrected chi connectivity index (χ4v) is 4.42. The Kier molecular flexibility index (Phi) is 4.58. The Hall–Kier alpha value is 0.0300. The zero-order chi connectivity index (χ0) is 12.4. The molecular formula is C12H14ClF2IN-. The first-order valence-electron chi connectivity index (χ1n) is 5.64. The van der Waals surface area contributed by atoms with E-state index >= 15 is 0 Å². The zero-order valence-electron chi connectivity index (χ0n) is 9.52. The Morgan fingerprint density at radius 2 is 2.29 bits per heavy atom. The fraction of sp³-hybridized carbons (Fsp3) is 0.583. The van der Waals surface area contributed by atoms with Crippen LogP contribution in [-0.2, 0) is 0 Å². The summed E-state index contributed by atoms with van der Waals surface area (Å²) in [5.41, 5.74) is 1.87. The topological polar surface area (TPSA) is 12.4 Å². The SMILES string of the molecule is CCC1=C(C(F)F)N=C(Cl)C=C(C2CC[I-]2)C1. The van der Waals surface area contributed by atoms with E-state index in [2.05, 4.69) is 4.99 Å². The molecule has 0 spiro atoms. The molecule has 2 aliphatic rings. The maximum absolute atomic E-state index is 12.9. The van der Waals surface area contributed by atoms with Crippen LogP contribution in [0.15, 0.2) is 27.9 Å². The van der Waals surface area contributed by atoms with Crippen LogP contribution in [0.4, 0.5) is 8.78 Å². The van der Waals surface area contributed by atoms with Gasteiger partial charge in [0.15, 0.2) is 0 Å². The first-order valence-corrected chi connectivity index (χ1v) is 8.79. The minimum absolute atomic E-state index is 0.110. The Morgan fingerprint density at radius 3 is 2.76 bits per heavy atom. The van der Waals surface area contributed by atoms with Gasteiger partial charge in [0.05, 0.1) is 0 Å². The van der Waals surface area contributed by atoms with E-state index in [1.807, 2.05) is 13.0 Å². The molecule has 2 rings (SSSR count). The molecule has 0 amide bonds. The summed E-state index contributed by atoms with van der Waals surface area (Å²) in [7, 11) is 0. The summed E-state index contributed by atoms with van der Waals surface area (Å²) in [6.45, 7) is 1.90. The summed E-state index contributed by atoms with van der Waals surface area (Å²) in [6.07, 6.45) is 1.75. The molecule has 0 aliphatic carbocycles. The Labute approximate surface area is 115 Å². The maximum atomic E-state index is 12.9. The normalized spacial score (nSPS) is 25.8. The van der Waals surface area contributed by atoms with Crippen LogP contribution in [0.2, 0.25) is 0 Å². The molecule has 0 aromatic heterocycles. The third kappa shape index (κ3) is 3.08. The number of aliphatic imine (C=N–C) groups is 1. The van der Waals surface area contributed by atoms with Crippen LogP contribution >= 0.6 is 11.6 Å². The Bertz CT molecular complexity index is 397. The second-order valence-electron chi connectivity index (χ2n) is 4.07. The molecule has 1 saturated heterocycles.